The molecule has 4 heteroatoms. The molecule has 0 atom stereocenters. The van der Waals surface area contributed by atoms with Crippen LogP contribution in [0.2, 0.25) is 0 Å². The third-order valence-corrected chi connectivity index (χ3v) is 0.919. The first kappa shape index (κ1) is 9.94. The molecule has 0 aromatic rings. The fourth-order valence-corrected chi connectivity index (χ4v) is 0.490. The molecule has 0 radical (unpaired) electrons. The third-order valence-electron chi connectivity index (χ3n) is 0.919. The Morgan fingerprint density at radius 3 is 2.00 bits per heavy atom. The monoisotopic (exact) mass is 163 g/mol. The first-order valence-corrected chi connectivity index (χ1v) is 2.84. The van der Waals surface area contributed by atoms with Gasteiger partial charge in [-0.05, 0) is 13.0 Å². The standard InChI is InChI=1S/C7H8F3N/c1-3-6(4-5(2)11)7(8,9)10/h3-4,11H,1H2,2H3/b6-4+,11-5?. The Labute approximate surface area is 62.7 Å². The van der Waals surface area contributed by atoms with Crippen molar-refractivity contribution in [3.63, 3.8) is 0 Å². The van der Waals surface area contributed by atoms with E-state index in [1.54, 1.807) is 0 Å². The first-order chi connectivity index (χ1) is 4.88. The summed E-state index contributed by atoms with van der Waals surface area (Å²) in [5.74, 6) is 0. The van der Waals surface area contributed by atoms with Crippen molar-refractivity contribution in [2.24, 2.45) is 0 Å². The highest BCUT2D eigenvalue weighted by atomic mass is 19.4. The summed E-state index contributed by atoms with van der Waals surface area (Å²) in [7, 11) is 0. The van der Waals surface area contributed by atoms with Crippen LogP contribution in [0, 0.1) is 5.41 Å². The van der Waals surface area contributed by atoms with Crippen LogP contribution in [-0.2, 0) is 0 Å². The summed E-state index contributed by atoms with van der Waals surface area (Å²) in [4.78, 5) is 0. The van der Waals surface area contributed by atoms with Gasteiger partial charge in [0.1, 0.15) is 0 Å². The van der Waals surface area contributed by atoms with Gasteiger partial charge in [-0.1, -0.05) is 12.7 Å². The number of hydrogen-bond donors (Lipinski definition) is 1. The Balaban J connectivity index is 4.68. The fraction of sp³-hybridized carbons (Fsp3) is 0.286. The van der Waals surface area contributed by atoms with E-state index in [0.717, 1.165) is 6.08 Å². The van der Waals surface area contributed by atoms with Crippen LogP contribution in [0.3, 0.4) is 0 Å². The van der Waals surface area contributed by atoms with Gasteiger partial charge in [-0.15, -0.1) is 0 Å². The Morgan fingerprint density at radius 2 is 1.91 bits per heavy atom. The van der Waals surface area contributed by atoms with Crippen LogP contribution >= 0.6 is 0 Å². The molecule has 0 aliphatic heterocycles. The quantitative estimate of drug-likeness (QED) is 0.478. The molecule has 0 bridgehead atoms. The molecule has 0 unspecified atom stereocenters. The molecule has 0 aromatic carbocycles. The van der Waals surface area contributed by atoms with Gasteiger partial charge in [-0.3, -0.25) is 0 Å². The molecule has 0 amide bonds. The van der Waals surface area contributed by atoms with Crippen LogP contribution in [0.1, 0.15) is 6.92 Å². The maximum atomic E-state index is 11.8. The molecule has 0 heterocycles. The van der Waals surface area contributed by atoms with Crippen LogP contribution in [-0.4, -0.2) is 11.9 Å². The predicted octanol–water partition coefficient (Wildman–Crippen LogP) is 2.70. The Morgan fingerprint density at radius 1 is 1.45 bits per heavy atom. The summed E-state index contributed by atoms with van der Waals surface area (Å²) >= 11 is 0. The van der Waals surface area contributed by atoms with E-state index in [4.69, 9.17) is 5.41 Å². The molecule has 0 saturated heterocycles. The van der Waals surface area contributed by atoms with Crippen LogP contribution in [0.4, 0.5) is 13.2 Å². The zero-order chi connectivity index (χ0) is 9.07. The normalized spacial score (nSPS) is 12.9. The zero-order valence-electron chi connectivity index (χ0n) is 6.00. The van der Waals surface area contributed by atoms with E-state index in [2.05, 4.69) is 6.58 Å². The molecular weight excluding hydrogens is 155 g/mol. The second kappa shape index (κ2) is 3.37. The van der Waals surface area contributed by atoms with Gasteiger partial charge in [0, 0.05) is 5.71 Å². The van der Waals surface area contributed by atoms with Gasteiger partial charge in [0.15, 0.2) is 0 Å². The summed E-state index contributed by atoms with van der Waals surface area (Å²) in [6.45, 7) is 4.27. The molecule has 62 valence electrons. The Hall–Kier alpha value is -1.06. The number of rotatable bonds is 2. The summed E-state index contributed by atoms with van der Waals surface area (Å²) < 4.78 is 35.5. The van der Waals surface area contributed by atoms with E-state index >= 15 is 0 Å². The van der Waals surface area contributed by atoms with Crippen LogP contribution < -0.4 is 0 Å². The van der Waals surface area contributed by atoms with Crippen molar-refractivity contribution in [3.8, 4) is 0 Å². The van der Waals surface area contributed by atoms with E-state index in [-0.39, 0.29) is 5.71 Å². The van der Waals surface area contributed by atoms with Crippen molar-refractivity contribution in [2.45, 2.75) is 13.1 Å². The summed E-state index contributed by atoms with van der Waals surface area (Å²) in [5, 5.41) is 6.78. The summed E-state index contributed by atoms with van der Waals surface area (Å²) in [6, 6.07) is 0. The second-order valence-corrected chi connectivity index (χ2v) is 1.98. The van der Waals surface area contributed by atoms with E-state index in [0.29, 0.717) is 6.08 Å². The van der Waals surface area contributed by atoms with Crippen molar-refractivity contribution in [1.29, 1.82) is 5.41 Å². The molecule has 0 aliphatic carbocycles. The Kier molecular flexibility index (Phi) is 3.04. The Bertz CT molecular complexity index is 200. The predicted molar refractivity (Wildman–Crippen MR) is 37.7 cm³/mol. The van der Waals surface area contributed by atoms with Crippen LogP contribution in [0.5, 0.6) is 0 Å². The molecule has 1 N–H and O–H groups in total. The molecule has 0 spiro atoms. The molecule has 0 rings (SSSR count). The smallest absolute Gasteiger partial charge is 0.306 e. The van der Waals surface area contributed by atoms with E-state index in [9.17, 15) is 13.2 Å². The second-order valence-electron chi connectivity index (χ2n) is 1.98. The lowest BCUT2D eigenvalue weighted by Gasteiger charge is -2.05. The van der Waals surface area contributed by atoms with Gasteiger partial charge in [-0.2, -0.15) is 13.2 Å². The van der Waals surface area contributed by atoms with Crippen molar-refractivity contribution in [2.75, 3.05) is 0 Å². The third kappa shape index (κ3) is 3.60. The lowest BCUT2D eigenvalue weighted by Crippen LogP contribution is -2.10. The minimum absolute atomic E-state index is 0.141. The summed E-state index contributed by atoms with van der Waals surface area (Å²) in [5.41, 5.74) is -1.03. The van der Waals surface area contributed by atoms with Crippen LogP contribution in [0.15, 0.2) is 24.3 Å². The van der Waals surface area contributed by atoms with Gasteiger partial charge in [0.25, 0.3) is 0 Å². The highest BCUT2D eigenvalue weighted by Gasteiger charge is 2.31. The van der Waals surface area contributed by atoms with E-state index in [1.807, 2.05) is 0 Å². The maximum Gasteiger partial charge on any atom is 0.416 e. The zero-order valence-corrected chi connectivity index (χ0v) is 6.00. The minimum atomic E-state index is -4.40. The van der Waals surface area contributed by atoms with E-state index < -0.39 is 11.7 Å². The van der Waals surface area contributed by atoms with Crippen molar-refractivity contribution >= 4 is 5.71 Å². The molecule has 0 aromatic heterocycles. The molecule has 0 saturated carbocycles. The van der Waals surface area contributed by atoms with Gasteiger partial charge >= 0.3 is 6.18 Å². The van der Waals surface area contributed by atoms with E-state index in [1.165, 1.54) is 6.92 Å². The highest BCUT2D eigenvalue weighted by molar-refractivity contribution is 5.91. The average molecular weight is 163 g/mol. The van der Waals surface area contributed by atoms with Crippen molar-refractivity contribution in [1.82, 2.24) is 0 Å². The maximum absolute atomic E-state index is 11.8. The van der Waals surface area contributed by atoms with Gasteiger partial charge in [0.05, 0.1) is 5.57 Å². The number of nitrogens with one attached hydrogen (secondary N) is 1. The molecular formula is C7H8F3N. The first-order valence-electron chi connectivity index (χ1n) is 2.84. The molecule has 11 heavy (non-hydrogen) atoms. The molecule has 0 aliphatic rings. The van der Waals surface area contributed by atoms with Crippen molar-refractivity contribution < 1.29 is 13.2 Å². The fourth-order valence-electron chi connectivity index (χ4n) is 0.490. The van der Waals surface area contributed by atoms with Gasteiger partial charge in [-0.25, -0.2) is 0 Å². The molecule has 1 nitrogen and oxygen atoms in total. The number of allylic oxidation sites excluding steroid dienone is 3. The number of hydrogen-bond acceptors (Lipinski definition) is 1. The SMILES string of the molecule is C=C/C(=C\C(C)=N)C(F)(F)F. The van der Waals surface area contributed by atoms with Gasteiger partial charge < -0.3 is 5.41 Å². The summed E-state index contributed by atoms with van der Waals surface area (Å²) in [6.07, 6.45) is -2.98. The van der Waals surface area contributed by atoms with Gasteiger partial charge in [0.2, 0.25) is 0 Å². The lowest BCUT2D eigenvalue weighted by atomic mass is 10.2. The number of alkyl halides is 3. The largest absolute Gasteiger partial charge is 0.416 e. The average Bonchev–Trinajstić information content (AvgIpc) is 1.79. The molecule has 0 fully saturated rings. The topological polar surface area (TPSA) is 23.9 Å². The highest BCUT2D eigenvalue weighted by Crippen LogP contribution is 2.25. The number of halogens is 3. The van der Waals surface area contributed by atoms with Crippen LogP contribution in [0.25, 0.3) is 0 Å². The van der Waals surface area contributed by atoms with Crippen molar-refractivity contribution in [3.05, 3.63) is 24.3 Å². The lowest BCUT2D eigenvalue weighted by molar-refractivity contribution is -0.0880. The minimum Gasteiger partial charge on any atom is -0.306 e.